The number of hydrogen-bond acceptors (Lipinski definition) is 4. The van der Waals surface area contributed by atoms with Crippen molar-refractivity contribution in [3.63, 3.8) is 0 Å². The third-order valence-electron chi connectivity index (χ3n) is 3.58. The minimum absolute atomic E-state index is 0.475. The molecule has 2 heterocycles. The highest BCUT2D eigenvalue weighted by atomic mass is 16.5. The van der Waals surface area contributed by atoms with Crippen molar-refractivity contribution in [3.05, 3.63) is 48.4 Å². The maximum absolute atomic E-state index is 5.62. The molecule has 0 aliphatic rings. The molecule has 1 aromatic carbocycles. The third-order valence-corrected chi connectivity index (χ3v) is 3.58. The first-order valence-electron chi connectivity index (χ1n) is 7.96. The molecule has 0 spiro atoms. The Kier molecular flexibility index (Phi) is 4.76. The molecule has 2 aromatic heterocycles. The fourth-order valence-corrected chi connectivity index (χ4v) is 2.43. The van der Waals surface area contributed by atoms with Crippen LogP contribution >= 0.6 is 0 Å². The number of nitrogens with one attached hydrogen (secondary N) is 2. The molecule has 0 aliphatic heterocycles. The number of hydrogen-bond donors (Lipinski definition) is 2. The number of H-pyrrole nitrogens is 1. The van der Waals surface area contributed by atoms with Crippen LogP contribution in [0.3, 0.4) is 0 Å². The zero-order chi connectivity index (χ0) is 16.1. The SMILES string of the molecule is CC(C)COc1cc(NCCc2c[nH]c3ccccc23)ncn1. The molecule has 0 radical (unpaired) electrons. The Morgan fingerprint density at radius 1 is 1.22 bits per heavy atom. The highest BCUT2D eigenvalue weighted by Crippen LogP contribution is 2.18. The molecular weight excluding hydrogens is 288 g/mol. The van der Waals surface area contributed by atoms with E-state index in [2.05, 4.69) is 58.5 Å². The number of ether oxygens (including phenoxy) is 1. The number of aromatic amines is 1. The zero-order valence-corrected chi connectivity index (χ0v) is 13.5. The number of benzene rings is 1. The van der Waals surface area contributed by atoms with Gasteiger partial charge in [0.15, 0.2) is 0 Å². The summed E-state index contributed by atoms with van der Waals surface area (Å²) in [4.78, 5) is 11.7. The highest BCUT2D eigenvalue weighted by molar-refractivity contribution is 5.83. The van der Waals surface area contributed by atoms with Crippen LogP contribution in [-0.2, 0) is 6.42 Å². The molecule has 5 nitrogen and oxygen atoms in total. The molecule has 0 bridgehead atoms. The van der Waals surface area contributed by atoms with Crippen LogP contribution in [0.1, 0.15) is 19.4 Å². The highest BCUT2D eigenvalue weighted by Gasteiger charge is 2.04. The first-order chi connectivity index (χ1) is 11.2. The summed E-state index contributed by atoms with van der Waals surface area (Å²) in [5, 5.41) is 4.61. The Morgan fingerprint density at radius 2 is 2.09 bits per heavy atom. The summed E-state index contributed by atoms with van der Waals surface area (Å²) < 4.78 is 5.62. The van der Waals surface area contributed by atoms with E-state index in [1.54, 1.807) is 0 Å². The van der Waals surface area contributed by atoms with E-state index in [-0.39, 0.29) is 0 Å². The van der Waals surface area contributed by atoms with Crippen molar-refractivity contribution in [1.82, 2.24) is 15.0 Å². The Bertz CT molecular complexity index is 766. The molecule has 0 unspecified atom stereocenters. The van der Waals surface area contributed by atoms with Gasteiger partial charge in [-0.05, 0) is 24.0 Å². The summed E-state index contributed by atoms with van der Waals surface area (Å²) in [5.74, 6) is 1.88. The van der Waals surface area contributed by atoms with E-state index in [0.29, 0.717) is 18.4 Å². The van der Waals surface area contributed by atoms with Gasteiger partial charge in [-0.25, -0.2) is 9.97 Å². The lowest BCUT2D eigenvalue weighted by molar-refractivity contribution is 0.261. The van der Waals surface area contributed by atoms with Crippen LogP contribution in [0.2, 0.25) is 0 Å². The average molecular weight is 310 g/mol. The maximum Gasteiger partial charge on any atom is 0.218 e. The molecule has 5 heteroatoms. The van der Waals surface area contributed by atoms with E-state index in [4.69, 9.17) is 4.74 Å². The van der Waals surface area contributed by atoms with E-state index in [9.17, 15) is 0 Å². The minimum atomic E-state index is 0.475. The van der Waals surface area contributed by atoms with E-state index >= 15 is 0 Å². The summed E-state index contributed by atoms with van der Waals surface area (Å²) in [6.45, 7) is 5.69. The lowest BCUT2D eigenvalue weighted by Gasteiger charge is -2.09. The predicted molar refractivity (Wildman–Crippen MR) is 92.9 cm³/mol. The first-order valence-corrected chi connectivity index (χ1v) is 7.96. The molecule has 0 saturated carbocycles. The van der Waals surface area contributed by atoms with Gasteiger partial charge < -0.3 is 15.0 Å². The fourth-order valence-electron chi connectivity index (χ4n) is 2.43. The normalized spacial score (nSPS) is 11.1. The molecular formula is C18H22N4O. The second kappa shape index (κ2) is 7.13. The van der Waals surface area contributed by atoms with Crippen LogP contribution in [0.4, 0.5) is 5.82 Å². The van der Waals surface area contributed by atoms with Crippen LogP contribution in [0.25, 0.3) is 10.9 Å². The largest absolute Gasteiger partial charge is 0.477 e. The Hall–Kier alpha value is -2.56. The van der Waals surface area contributed by atoms with E-state index in [0.717, 1.165) is 18.8 Å². The standard InChI is InChI=1S/C18H22N4O/c1-13(2)11-23-18-9-17(21-12-22-18)19-8-7-14-10-20-16-6-4-3-5-15(14)16/h3-6,9-10,12-13,20H,7-8,11H2,1-2H3,(H,19,21,22). The van der Waals surface area contributed by atoms with Crippen LogP contribution in [0, 0.1) is 5.92 Å². The van der Waals surface area contributed by atoms with Gasteiger partial charge in [-0.1, -0.05) is 32.0 Å². The molecule has 0 atom stereocenters. The lowest BCUT2D eigenvalue weighted by atomic mass is 10.1. The molecule has 120 valence electrons. The van der Waals surface area contributed by atoms with Crippen molar-refractivity contribution in [2.24, 2.45) is 5.92 Å². The van der Waals surface area contributed by atoms with E-state index < -0.39 is 0 Å². The number of anilines is 1. The van der Waals surface area contributed by atoms with Crippen molar-refractivity contribution in [1.29, 1.82) is 0 Å². The number of para-hydroxylation sites is 1. The summed E-state index contributed by atoms with van der Waals surface area (Å²) in [6.07, 6.45) is 4.53. The van der Waals surface area contributed by atoms with Crippen molar-refractivity contribution < 1.29 is 4.74 Å². The average Bonchev–Trinajstić information content (AvgIpc) is 2.97. The van der Waals surface area contributed by atoms with Crippen LogP contribution in [0.15, 0.2) is 42.9 Å². The Morgan fingerprint density at radius 3 is 2.96 bits per heavy atom. The van der Waals surface area contributed by atoms with Crippen LogP contribution in [0.5, 0.6) is 5.88 Å². The number of rotatable bonds is 7. The maximum atomic E-state index is 5.62. The Labute approximate surface area is 136 Å². The molecule has 3 aromatic rings. The predicted octanol–water partition coefficient (Wildman–Crippen LogP) is 3.65. The van der Waals surface area contributed by atoms with E-state index in [1.807, 2.05) is 12.1 Å². The number of fused-ring (bicyclic) bond motifs is 1. The molecule has 0 fully saturated rings. The van der Waals surface area contributed by atoms with Gasteiger partial charge in [0.25, 0.3) is 0 Å². The van der Waals surface area contributed by atoms with Crippen LogP contribution in [-0.4, -0.2) is 28.1 Å². The molecule has 3 rings (SSSR count). The van der Waals surface area contributed by atoms with Gasteiger partial charge in [0.1, 0.15) is 12.1 Å². The monoisotopic (exact) mass is 310 g/mol. The molecule has 0 aliphatic carbocycles. The zero-order valence-electron chi connectivity index (χ0n) is 13.5. The Balaban J connectivity index is 1.57. The van der Waals surface area contributed by atoms with Gasteiger partial charge in [-0.15, -0.1) is 0 Å². The third kappa shape index (κ3) is 4.00. The number of nitrogens with zero attached hydrogens (tertiary/aromatic N) is 2. The molecule has 2 N–H and O–H groups in total. The van der Waals surface area contributed by atoms with Gasteiger partial charge in [0.05, 0.1) is 6.61 Å². The molecule has 0 amide bonds. The molecule has 0 saturated heterocycles. The van der Waals surface area contributed by atoms with Gasteiger partial charge in [-0.3, -0.25) is 0 Å². The fraction of sp³-hybridized carbons (Fsp3) is 0.333. The summed E-state index contributed by atoms with van der Waals surface area (Å²) in [5.41, 5.74) is 2.48. The van der Waals surface area contributed by atoms with Gasteiger partial charge >= 0.3 is 0 Å². The quantitative estimate of drug-likeness (QED) is 0.699. The summed E-state index contributed by atoms with van der Waals surface area (Å²) >= 11 is 0. The van der Waals surface area contributed by atoms with Crippen molar-refractivity contribution in [3.8, 4) is 5.88 Å². The second-order valence-corrected chi connectivity index (χ2v) is 5.98. The van der Waals surface area contributed by atoms with Crippen molar-refractivity contribution in [2.75, 3.05) is 18.5 Å². The van der Waals surface area contributed by atoms with Gasteiger partial charge in [0, 0.05) is 29.7 Å². The second-order valence-electron chi connectivity index (χ2n) is 5.98. The summed E-state index contributed by atoms with van der Waals surface area (Å²) in [6, 6.07) is 10.2. The minimum Gasteiger partial charge on any atom is -0.477 e. The van der Waals surface area contributed by atoms with Gasteiger partial charge in [-0.2, -0.15) is 0 Å². The lowest BCUT2D eigenvalue weighted by Crippen LogP contribution is -2.08. The molecule has 23 heavy (non-hydrogen) atoms. The topological polar surface area (TPSA) is 62.8 Å². The first kappa shape index (κ1) is 15.3. The van der Waals surface area contributed by atoms with Gasteiger partial charge in [0.2, 0.25) is 5.88 Å². The van der Waals surface area contributed by atoms with Crippen molar-refractivity contribution in [2.45, 2.75) is 20.3 Å². The van der Waals surface area contributed by atoms with Crippen molar-refractivity contribution >= 4 is 16.7 Å². The van der Waals surface area contributed by atoms with Crippen LogP contribution < -0.4 is 10.1 Å². The smallest absolute Gasteiger partial charge is 0.218 e. The summed E-state index contributed by atoms with van der Waals surface area (Å²) in [7, 11) is 0. The van der Waals surface area contributed by atoms with E-state index in [1.165, 1.54) is 22.8 Å². The number of aromatic nitrogens is 3.